The number of halogens is 3. The lowest BCUT2D eigenvalue weighted by molar-refractivity contribution is 0.223. The third-order valence-electron chi connectivity index (χ3n) is 4.51. The van der Waals surface area contributed by atoms with E-state index < -0.39 is 6.23 Å². The summed E-state index contributed by atoms with van der Waals surface area (Å²) in [6, 6.07) is 9.56. The first kappa shape index (κ1) is 21.9. The number of aromatic hydroxyl groups is 1. The van der Waals surface area contributed by atoms with Crippen LogP contribution in [0.3, 0.4) is 0 Å². The van der Waals surface area contributed by atoms with Gasteiger partial charge in [0.25, 0.3) is 0 Å². The molecule has 2 aromatic carbocycles. The highest BCUT2D eigenvalue weighted by Gasteiger charge is 2.30. The van der Waals surface area contributed by atoms with Crippen molar-refractivity contribution in [2.45, 2.75) is 31.1 Å². The molecule has 2 heterocycles. The third kappa shape index (κ3) is 4.32. The largest absolute Gasteiger partial charge is 0.506 e. The third-order valence-corrected chi connectivity index (χ3v) is 7.49. The van der Waals surface area contributed by atoms with Crippen LogP contribution in [0.1, 0.15) is 31.6 Å². The maximum atomic E-state index is 10.4. The standard InChI is InChI=1S/C20H17Br3N4O2S/c1-2-3-8-30-20-25-19-16(26-27-20)10-6-4-5-7-13(10)24-18(29-19)14-11(21)9-12(22)17(28)15(14)23/h4-7,9,18,24,28H,2-3,8H2,1H3/t18-/m0/s1. The van der Waals surface area contributed by atoms with Crippen molar-refractivity contribution in [3.63, 3.8) is 0 Å². The molecule has 1 aliphatic heterocycles. The first-order chi connectivity index (χ1) is 14.5. The predicted molar refractivity (Wildman–Crippen MR) is 129 cm³/mol. The van der Waals surface area contributed by atoms with E-state index in [1.807, 2.05) is 24.3 Å². The summed E-state index contributed by atoms with van der Waals surface area (Å²) in [4.78, 5) is 4.64. The number of phenolic OH excluding ortho intramolecular Hbond substituents is 1. The lowest BCUT2D eigenvalue weighted by Gasteiger charge is -2.22. The Kier molecular flexibility index (Phi) is 6.86. The Morgan fingerprint density at radius 3 is 2.77 bits per heavy atom. The fourth-order valence-corrected chi connectivity index (χ4v) is 6.38. The zero-order valence-electron chi connectivity index (χ0n) is 15.8. The molecule has 0 saturated carbocycles. The molecule has 2 N–H and O–H groups in total. The van der Waals surface area contributed by atoms with Gasteiger partial charge in [0.2, 0.25) is 17.3 Å². The number of para-hydroxylation sites is 1. The average molecular weight is 617 g/mol. The number of benzene rings is 2. The van der Waals surface area contributed by atoms with Crippen molar-refractivity contribution >= 4 is 65.2 Å². The van der Waals surface area contributed by atoms with E-state index in [4.69, 9.17) is 4.74 Å². The summed E-state index contributed by atoms with van der Waals surface area (Å²) in [6.45, 7) is 2.15. The molecule has 0 fully saturated rings. The van der Waals surface area contributed by atoms with Gasteiger partial charge in [0.1, 0.15) is 5.75 Å². The summed E-state index contributed by atoms with van der Waals surface area (Å²) >= 11 is 12.0. The second-order valence-electron chi connectivity index (χ2n) is 6.55. The Bertz CT molecular complexity index is 1100. The molecule has 6 nitrogen and oxygen atoms in total. The molecule has 1 atom stereocenters. The smallest absolute Gasteiger partial charge is 0.247 e. The Hall–Kier alpha value is -1.36. The zero-order chi connectivity index (χ0) is 21.3. The van der Waals surface area contributed by atoms with Gasteiger partial charge in [-0.05, 0) is 50.4 Å². The Morgan fingerprint density at radius 2 is 1.97 bits per heavy atom. The van der Waals surface area contributed by atoms with Gasteiger partial charge in [-0.15, -0.1) is 10.2 Å². The minimum atomic E-state index is -0.625. The highest BCUT2D eigenvalue weighted by Crippen LogP contribution is 2.46. The summed E-state index contributed by atoms with van der Waals surface area (Å²) in [6.07, 6.45) is 1.56. The predicted octanol–water partition coefficient (Wildman–Crippen LogP) is 6.93. The van der Waals surface area contributed by atoms with Gasteiger partial charge >= 0.3 is 0 Å². The van der Waals surface area contributed by atoms with Crippen molar-refractivity contribution in [3.8, 4) is 22.9 Å². The number of anilines is 1. The molecule has 156 valence electrons. The van der Waals surface area contributed by atoms with Crippen LogP contribution in [0.4, 0.5) is 5.69 Å². The average Bonchev–Trinajstić information content (AvgIpc) is 2.88. The van der Waals surface area contributed by atoms with E-state index in [0.29, 0.717) is 31.2 Å². The van der Waals surface area contributed by atoms with Gasteiger partial charge in [-0.2, -0.15) is 4.98 Å². The van der Waals surface area contributed by atoms with Gasteiger partial charge in [0.15, 0.2) is 5.69 Å². The van der Waals surface area contributed by atoms with Crippen molar-refractivity contribution in [1.82, 2.24) is 15.2 Å². The SMILES string of the molecule is CCCCSc1nnc2c(n1)O[C@@H](c1c(Br)cc(Br)c(O)c1Br)Nc1ccccc1-2. The molecule has 0 unspecified atom stereocenters. The molecule has 0 aliphatic carbocycles. The van der Waals surface area contributed by atoms with Crippen molar-refractivity contribution in [2.75, 3.05) is 11.1 Å². The summed E-state index contributed by atoms with van der Waals surface area (Å²) in [5, 5.41) is 23.1. The van der Waals surface area contributed by atoms with Crippen LogP contribution < -0.4 is 10.1 Å². The summed E-state index contributed by atoms with van der Waals surface area (Å²) in [7, 11) is 0. The second-order valence-corrected chi connectivity index (χ2v) is 10.1. The molecule has 0 amide bonds. The van der Waals surface area contributed by atoms with E-state index in [0.717, 1.165) is 34.3 Å². The van der Waals surface area contributed by atoms with E-state index in [-0.39, 0.29) is 5.75 Å². The molecule has 10 heteroatoms. The molecule has 1 aliphatic rings. The monoisotopic (exact) mass is 614 g/mol. The minimum absolute atomic E-state index is 0.0907. The maximum Gasteiger partial charge on any atom is 0.247 e. The minimum Gasteiger partial charge on any atom is -0.506 e. The van der Waals surface area contributed by atoms with Crippen molar-refractivity contribution in [3.05, 3.63) is 49.3 Å². The quantitative estimate of drug-likeness (QED) is 0.238. The van der Waals surface area contributed by atoms with Crippen LogP contribution in [0, 0.1) is 0 Å². The number of aromatic nitrogens is 3. The molecule has 0 radical (unpaired) electrons. The van der Waals surface area contributed by atoms with E-state index >= 15 is 0 Å². The van der Waals surface area contributed by atoms with Gasteiger partial charge in [-0.3, -0.25) is 0 Å². The second kappa shape index (κ2) is 9.42. The molecule has 4 rings (SSSR count). The van der Waals surface area contributed by atoms with Gasteiger partial charge in [0, 0.05) is 27.0 Å². The normalized spacial score (nSPS) is 14.9. The molecule has 1 aromatic heterocycles. The van der Waals surface area contributed by atoms with Crippen LogP contribution in [-0.2, 0) is 0 Å². The van der Waals surface area contributed by atoms with Gasteiger partial charge in [-0.25, -0.2) is 0 Å². The number of nitrogens with one attached hydrogen (secondary N) is 1. The molecule has 30 heavy (non-hydrogen) atoms. The van der Waals surface area contributed by atoms with E-state index in [9.17, 15) is 5.11 Å². The molecular formula is C20H17Br3N4O2S. The van der Waals surface area contributed by atoms with Gasteiger partial charge < -0.3 is 15.2 Å². The van der Waals surface area contributed by atoms with Crippen LogP contribution in [0.15, 0.2) is 48.9 Å². The number of nitrogens with zero attached hydrogens (tertiary/aromatic N) is 3. The van der Waals surface area contributed by atoms with Crippen LogP contribution in [-0.4, -0.2) is 26.0 Å². The number of ether oxygens (including phenoxy) is 1. The van der Waals surface area contributed by atoms with E-state index in [2.05, 4.69) is 75.2 Å². The highest BCUT2D eigenvalue weighted by atomic mass is 79.9. The molecular weight excluding hydrogens is 600 g/mol. The fraction of sp³-hybridized carbons (Fsp3) is 0.250. The maximum absolute atomic E-state index is 10.4. The number of fused-ring (bicyclic) bond motifs is 3. The van der Waals surface area contributed by atoms with Crippen LogP contribution in [0.25, 0.3) is 11.3 Å². The molecule has 3 aromatic rings. The molecule has 0 saturated heterocycles. The van der Waals surface area contributed by atoms with Crippen LogP contribution in [0.2, 0.25) is 0 Å². The number of rotatable bonds is 5. The van der Waals surface area contributed by atoms with Crippen molar-refractivity contribution in [1.29, 1.82) is 0 Å². The topological polar surface area (TPSA) is 80.2 Å². The van der Waals surface area contributed by atoms with Crippen molar-refractivity contribution in [2.24, 2.45) is 0 Å². The van der Waals surface area contributed by atoms with Crippen LogP contribution in [0.5, 0.6) is 11.6 Å². The Morgan fingerprint density at radius 1 is 1.17 bits per heavy atom. The summed E-state index contributed by atoms with van der Waals surface area (Å²) < 4.78 is 8.15. The first-order valence-electron chi connectivity index (χ1n) is 9.26. The Labute approximate surface area is 203 Å². The number of phenols is 1. The van der Waals surface area contributed by atoms with E-state index in [1.54, 1.807) is 17.8 Å². The summed E-state index contributed by atoms with van der Waals surface area (Å²) in [5.74, 6) is 1.41. The van der Waals surface area contributed by atoms with Crippen molar-refractivity contribution < 1.29 is 9.84 Å². The lowest BCUT2D eigenvalue weighted by Crippen LogP contribution is -2.18. The number of thioether (sulfide) groups is 1. The zero-order valence-corrected chi connectivity index (χ0v) is 21.4. The van der Waals surface area contributed by atoms with E-state index in [1.165, 1.54) is 0 Å². The van der Waals surface area contributed by atoms with Gasteiger partial charge in [-0.1, -0.05) is 59.2 Å². The highest BCUT2D eigenvalue weighted by molar-refractivity contribution is 9.11. The summed E-state index contributed by atoms with van der Waals surface area (Å²) in [5.41, 5.74) is 2.98. The van der Waals surface area contributed by atoms with Gasteiger partial charge in [0.05, 0.1) is 8.95 Å². The number of hydrogen-bond donors (Lipinski definition) is 2. The fourth-order valence-electron chi connectivity index (χ4n) is 2.98. The first-order valence-corrected chi connectivity index (χ1v) is 12.6. The Balaban J connectivity index is 1.81. The lowest BCUT2D eigenvalue weighted by atomic mass is 10.1. The van der Waals surface area contributed by atoms with Crippen LogP contribution >= 0.6 is 59.6 Å². The molecule has 0 spiro atoms. The molecule has 0 bridgehead atoms. The number of hydrogen-bond acceptors (Lipinski definition) is 7. The number of unbranched alkanes of at least 4 members (excludes halogenated alkanes) is 1.